The molecule has 0 bridgehead atoms. The van der Waals surface area contributed by atoms with Crippen LogP contribution < -0.4 is 10.6 Å². The molecule has 2 aliphatic heterocycles. The highest BCUT2D eigenvalue weighted by molar-refractivity contribution is 7.13. The van der Waals surface area contributed by atoms with Gasteiger partial charge in [0.25, 0.3) is 0 Å². The molecule has 9 heteroatoms. The van der Waals surface area contributed by atoms with Crippen molar-refractivity contribution >= 4 is 39.9 Å². The van der Waals surface area contributed by atoms with Crippen LogP contribution in [0.1, 0.15) is 31.2 Å². The molecule has 3 amide bonds. The van der Waals surface area contributed by atoms with E-state index in [1.54, 1.807) is 4.90 Å². The first-order valence-electron chi connectivity index (χ1n) is 8.83. The highest BCUT2D eigenvalue weighted by Crippen LogP contribution is 2.43. The lowest BCUT2D eigenvalue weighted by Crippen LogP contribution is -2.51. The van der Waals surface area contributed by atoms with Gasteiger partial charge in [0, 0.05) is 31.6 Å². The number of nitrogens with one attached hydrogen (secondary N) is 2. The molecule has 1 aromatic carbocycles. The summed E-state index contributed by atoms with van der Waals surface area (Å²) < 4.78 is 0. The minimum absolute atomic E-state index is 0.0461. The van der Waals surface area contributed by atoms with Gasteiger partial charge >= 0.3 is 0 Å². The number of carbonyl (C=O) groups excluding carboxylic acids is 3. The normalized spacial score (nSPS) is 21.0. The zero-order valence-electron chi connectivity index (χ0n) is 14.6. The molecule has 1 aromatic heterocycles. The third-order valence-electron chi connectivity index (χ3n) is 5.14. The second kappa shape index (κ2) is 7.07. The average Bonchev–Trinajstić information content (AvgIpc) is 3.27. The number of piperidine rings is 1. The van der Waals surface area contributed by atoms with Crippen molar-refractivity contribution in [1.29, 1.82) is 0 Å². The van der Waals surface area contributed by atoms with Crippen LogP contribution in [0.2, 0.25) is 0 Å². The Hall–Kier alpha value is -2.81. The summed E-state index contributed by atoms with van der Waals surface area (Å²) in [6, 6.07) is 7.65. The van der Waals surface area contributed by atoms with Crippen molar-refractivity contribution < 1.29 is 14.4 Å². The number of amides is 3. The van der Waals surface area contributed by atoms with Gasteiger partial charge in [-0.1, -0.05) is 29.5 Å². The molecule has 1 atom stereocenters. The van der Waals surface area contributed by atoms with Gasteiger partial charge in [-0.2, -0.15) is 0 Å². The Labute approximate surface area is 160 Å². The van der Waals surface area contributed by atoms with Gasteiger partial charge in [-0.25, -0.2) is 0 Å². The Balaban J connectivity index is 1.40. The lowest BCUT2D eigenvalue weighted by molar-refractivity contribution is -0.136. The van der Waals surface area contributed by atoms with Crippen molar-refractivity contribution in [3.05, 3.63) is 35.3 Å². The molecule has 1 spiro atoms. The number of nitrogens with zero attached hydrogens (tertiary/aromatic N) is 3. The SMILES string of the molecule is O=C(CCC(=O)N1CCCC2(C1)C(=O)Nc1ccccc12)Nc1nncs1. The lowest BCUT2D eigenvalue weighted by Gasteiger charge is -2.39. The summed E-state index contributed by atoms with van der Waals surface area (Å²) in [5, 5.41) is 13.4. The van der Waals surface area contributed by atoms with Gasteiger partial charge in [0.15, 0.2) is 0 Å². The molecular formula is C18H19N5O3S. The van der Waals surface area contributed by atoms with E-state index in [1.165, 1.54) is 16.8 Å². The maximum Gasteiger partial charge on any atom is 0.236 e. The maximum atomic E-state index is 12.7. The van der Waals surface area contributed by atoms with Gasteiger partial charge in [-0.05, 0) is 24.5 Å². The van der Waals surface area contributed by atoms with E-state index in [-0.39, 0.29) is 30.6 Å². The summed E-state index contributed by atoms with van der Waals surface area (Å²) >= 11 is 1.23. The van der Waals surface area contributed by atoms with E-state index in [9.17, 15) is 14.4 Å². The first-order valence-corrected chi connectivity index (χ1v) is 9.71. The van der Waals surface area contributed by atoms with Crippen molar-refractivity contribution in [1.82, 2.24) is 15.1 Å². The van der Waals surface area contributed by atoms with Crippen LogP contribution in [0, 0.1) is 0 Å². The molecule has 2 aliphatic rings. The second-order valence-electron chi connectivity index (χ2n) is 6.79. The Morgan fingerprint density at radius 3 is 2.96 bits per heavy atom. The van der Waals surface area contributed by atoms with Crippen LogP contribution in [0.15, 0.2) is 29.8 Å². The number of benzene rings is 1. The molecule has 1 fully saturated rings. The standard InChI is InChI=1S/C18H19N5O3S/c24-14(21-17-22-19-11-27-17)6-7-15(25)23-9-3-8-18(10-23)12-4-1-2-5-13(12)20-16(18)26/h1-2,4-5,11H,3,6-10H2,(H,20,26)(H,21,22,24). The first kappa shape index (κ1) is 17.6. The fourth-order valence-corrected chi connectivity index (χ4v) is 4.30. The fourth-order valence-electron chi connectivity index (χ4n) is 3.84. The van der Waals surface area contributed by atoms with E-state index >= 15 is 0 Å². The van der Waals surface area contributed by atoms with Crippen molar-refractivity contribution in [2.24, 2.45) is 0 Å². The summed E-state index contributed by atoms with van der Waals surface area (Å²) in [5.41, 5.74) is 2.63. The van der Waals surface area contributed by atoms with E-state index in [2.05, 4.69) is 20.8 Å². The summed E-state index contributed by atoms with van der Waals surface area (Å²) in [5.74, 6) is -0.426. The second-order valence-corrected chi connectivity index (χ2v) is 7.63. The molecule has 0 aliphatic carbocycles. The van der Waals surface area contributed by atoms with Crippen LogP contribution in [-0.2, 0) is 19.8 Å². The molecular weight excluding hydrogens is 366 g/mol. The van der Waals surface area contributed by atoms with E-state index in [0.29, 0.717) is 18.2 Å². The number of hydrogen-bond acceptors (Lipinski definition) is 6. The topological polar surface area (TPSA) is 104 Å². The Morgan fingerprint density at radius 1 is 1.30 bits per heavy atom. The molecule has 1 saturated heterocycles. The number of anilines is 2. The molecule has 8 nitrogen and oxygen atoms in total. The van der Waals surface area contributed by atoms with E-state index in [0.717, 1.165) is 24.1 Å². The molecule has 0 saturated carbocycles. The van der Waals surface area contributed by atoms with E-state index in [4.69, 9.17) is 0 Å². The Kier molecular flexibility index (Phi) is 4.61. The van der Waals surface area contributed by atoms with Crippen LogP contribution >= 0.6 is 11.3 Å². The largest absolute Gasteiger partial charge is 0.341 e. The van der Waals surface area contributed by atoms with Crippen molar-refractivity contribution in [3.63, 3.8) is 0 Å². The van der Waals surface area contributed by atoms with E-state index < -0.39 is 5.41 Å². The summed E-state index contributed by atoms with van der Waals surface area (Å²) in [7, 11) is 0. The fraction of sp³-hybridized carbons (Fsp3) is 0.389. The molecule has 0 radical (unpaired) electrons. The summed E-state index contributed by atoms with van der Waals surface area (Å²) in [4.78, 5) is 39.0. The number of carbonyl (C=O) groups is 3. The predicted octanol–water partition coefficient (Wildman–Crippen LogP) is 1.77. The number of hydrogen-bond donors (Lipinski definition) is 2. The van der Waals surface area contributed by atoms with Crippen LogP contribution in [-0.4, -0.2) is 45.9 Å². The zero-order valence-corrected chi connectivity index (χ0v) is 15.4. The number of fused-ring (bicyclic) bond motifs is 2. The number of rotatable bonds is 4. The molecule has 3 heterocycles. The maximum absolute atomic E-state index is 12.7. The van der Waals surface area contributed by atoms with Gasteiger partial charge in [-0.3, -0.25) is 14.4 Å². The van der Waals surface area contributed by atoms with Gasteiger partial charge in [0.05, 0.1) is 5.41 Å². The van der Waals surface area contributed by atoms with Crippen molar-refractivity contribution in [2.45, 2.75) is 31.1 Å². The summed E-state index contributed by atoms with van der Waals surface area (Å²) in [6.45, 7) is 0.959. The van der Waals surface area contributed by atoms with Gasteiger partial charge < -0.3 is 15.5 Å². The molecule has 1 unspecified atom stereocenters. The van der Waals surface area contributed by atoms with Gasteiger partial charge in [-0.15, -0.1) is 10.2 Å². The highest BCUT2D eigenvalue weighted by Gasteiger charge is 2.49. The number of para-hydroxylation sites is 1. The van der Waals surface area contributed by atoms with Crippen LogP contribution in [0.25, 0.3) is 0 Å². The third-order valence-corrected chi connectivity index (χ3v) is 5.75. The molecule has 2 N–H and O–H groups in total. The molecule has 2 aromatic rings. The first-order chi connectivity index (χ1) is 13.1. The third kappa shape index (κ3) is 3.30. The average molecular weight is 385 g/mol. The van der Waals surface area contributed by atoms with E-state index in [1.807, 2.05) is 24.3 Å². The van der Waals surface area contributed by atoms with Crippen LogP contribution in [0.3, 0.4) is 0 Å². The Morgan fingerprint density at radius 2 is 2.15 bits per heavy atom. The quantitative estimate of drug-likeness (QED) is 0.835. The molecule has 27 heavy (non-hydrogen) atoms. The predicted molar refractivity (Wildman–Crippen MR) is 100 cm³/mol. The van der Waals surface area contributed by atoms with Crippen LogP contribution in [0.5, 0.6) is 0 Å². The monoisotopic (exact) mass is 385 g/mol. The minimum atomic E-state index is -0.681. The van der Waals surface area contributed by atoms with Gasteiger partial charge in [0.2, 0.25) is 22.9 Å². The highest BCUT2D eigenvalue weighted by atomic mass is 32.1. The number of aromatic nitrogens is 2. The minimum Gasteiger partial charge on any atom is -0.341 e. The molecule has 140 valence electrons. The molecule has 4 rings (SSSR count). The number of likely N-dealkylation sites (tertiary alicyclic amines) is 1. The van der Waals surface area contributed by atoms with Gasteiger partial charge in [0.1, 0.15) is 5.51 Å². The Bertz CT molecular complexity index is 885. The lowest BCUT2D eigenvalue weighted by atomic mass is 9.75. The smallest absolute Gasteiger partial charge is 0.236 e. The summed E-state index contributed by atoms with van der Waals surface area (Å²) in [6.07, 6.45) is 1.65. The van der Waals surface area contributed by atoms with Crippen molar-refractivity contribution in [3.8, 4) is 0 Å². The van der Waals surface area contributed by atoms with Crippen LogP contribution in [0.4, 0.5) is 10.8 Å². The van der Waals surface area contributed by atoms with Crippen molar-refractivity contribution in [2.75, 3.05) is 23.7 Å². The zero-order chi connectivity index (χ0) is 18.9.